The van der Waals surface area contributed by atoms with Crippen LogP contribution >= 0.6 is 0 Å². The van der Waals surface area contributed by atoms with E-state index in [4.69, 9.17) is 16.6 Å². The zero-order valence-corrected chi connectivity index (χ0v) is 6.82. The fraction of sp³-hybridized carbons (Fsp3) is 0.714. The van der Waals surface area contributed by atoms with Gasteiger partial charge in [-0.25, -0.2) is 4.79 Å². The normalized spacial score (nSPS) is 12.5. The standard InChI is InChI=1S/C7H14N2O3/c8-4-2-1-3-5(9)6(10)7(11)12/h5H,1-4,8-9H2,(H,11,12)/t5-/m0/s1. The largest absolute Gasteiger partial charge is 0.475 e. The van der Waals surface area contributed by atoms with Gasteiger partial charge in [0.1, 0.15) is 0 Å². The van der Waals surface area contributed by atoms with Crippen molar-refractivity contribution >= 4 is 11.8 Å². The summed E-state index contributed by atoms with van der Waals surface area (Å²) in [5.41, 5.74) is 10.5. The van der Waals surface area contributed by atoms with Gasteiger partial charge in [-0.3, -0.25) is 4.79 Å². The first-order valence-corrected chi connectivity index (χ1v) is 3.82. The minimum absolute atomic E-state index is 0.391. The van der Waals surface area contributed by atoms with Gasteiger partial charge < -0.3 is 16.6 Å². The lowest BCUT2D eigenvalue weighted by atomic mass is 10.1. The molecule has 1 atom stereocenters. The van der Waals surface area contributed by atoms with E-state index >= 15 is 0 Å². The molecule has 0 saturated carbocycles. The molecule has 0 amide bonds. The van der Waals surface area contributed by atoms with Crippen molar-refractivity contribution in [1.29, 1.82) is 0 Å². The first-order valence-electron chi connectivity index (χ1n) is 3.82. The van der Waals surface area contributed by atoms with E-state index in [1.165, 1.54) is 0 Å². The molecule has 0 bridgehead atoms. The third-order valence-corrected chi connectivity index (χ3v) is 1.52. The van der Waals surface area contributed by atoms with E-state index < -0.39 is 17.8 Å². The number of hydrogen-bond acceptors (Lipinski definition) is 4. The van der Waals surface area contributed by atoms with Gasteiger partial charge in [0.05, 0.1) is 6.04 Å². The van der Waals surface area contributed by atoms with Crippen molar-refractivity contribution in [2.75, 3.05) is 6.54 Å². The quantitative estimate of drug-likeness (QED) is 0.357. The minimum atomic E-state index is -1.46. The van der Waals surface area contributed by atoms with E-state index in [0.717, 1.165) is 6.42 Å². The Morgan fingerprint density at radius 1 is 1.33 bits per heavy atom. The monoisotopic (exact) mass is 174 g/mol. The van der Waals surface area contributed by atoms with E-state index in [-0.39, 0.29) is 0 Å². The smallest absolute Gasteiger partial charge is 0.373 e. The first kappa shape index (κ1) is 11.1. The fourth-order valence-electron chi connectivity index (χ4n) is 0.798. The molecule has 0 aromatic carbocycles. The van der Waals surface area contributed by atoms with Crippen molar-refractivity contribution in [2.24, 2.45) is 11.5 Å². The summed E-state index contributed by atoms with van der Waals surface area (Å²) in [5, 5.41) is 8.25. The summed E-state index contributed by atoms with van der Waals surface area (Å²) < 4.78 is 0. The van der Waals surface area contributed by atoms with Gasteiger partial charge >= 0.3 is 5.97 Å². The summed E-state index contributed by atoms with van der Waals surface area (Å²) in [6.45, 7) is 0.536. The highest BCUT2D eigenvalue weighted by molar-refractivity contribution is 6.34. The number of aliphatic carboxylic acids is 1. The van der Waals surface area contributed by atoms with Crippen LogP contribution in [0.25, 0.3) is 0 Å². The van der Waals surface area contributed by atoms with Crippen molar-refractivity contribution in [3.8, 4) is 0 Å². The lowest BCUT2D eigenvalue weighted by molar-refractivity contribution is -0.149. The van der Waals surface area contributed by atoms with Gasteiger partial charge in [-0.2, -0.15) is 0 Å². The van der Waals surface area contributed by atoms with Crippen LogP contribution in [0.1, 0.15) is 19.3 Å². The van der Waals surface area contributed by atoms with E-state index in [1.54, 1.807) is 0 Å². The van der Waals surface area contributed by atoms with Crippen LogP contribution < -0.4 is 11.5 Å². The molecule has 0 spiro atoms. The zero-order valence-electron chi connectivity index (χ0n) is 6.82. The van der Waals surface area contributed by atoms with E-state index in [2.05, 4.69) is 0 Å². The maximum Gasteiger partial charge on any atom is 0.373 e. The predicted molar refractivity (Wildman–Crippen MR) is 43.5 cm³/mol. The summed E-state index contributed by atoms with van der Waals surface area (Å²) >= 11 is 0. The number of Topliss-reactive ketones (excluding diaryl/α,β-unsaturated/α-hetero) is 1. The first-order chi connectivity index (χ1) is 5.59. The summed E-state index contributed by atoms with van der Waals surface area (Å²) in [5.74, 6) is -2.39. The lowest BCUT2D eigenvalue weighted by Gasteiger charge is -2.05. The van der Waals surface area contributed by atoms with Gasteiger partial charge in [-0.1, -0.05) is 6.42 Å². The van der Waals surface area contributed by atoms with Gasteiger partial charge in [0.2, 0.25) is 0 Å². The molecule has 0 aliphatic heterocycles. The second kappa shape index (κ2) is 5.68. The maximum absolute atomic E-state index is 10.7. The summed E-state index contributed by atoms with van der Waals surface area (Å²) in [6.07, 6.45) is 1.85. The summed E-state index contributed by atoms with van der Waals surface area (Å²) in [7, 11) is 0. The van der Waals surface area contributed by atoms with Gasteiger partial charge in [-0.05, 0) is 19.4 Å². The number of hydrogen-bond donors (Lipinski definition) is 3. The molecule has 0 rings (SSSR count). The molecule has 5 N–H and O–H groups in total. The van der Waals surface area contributed by atoms with Crippen molar-refractivity contribution in [1.82, 2.24) is 0 Å². The molecule has 0 heterocycles. The van der Waals surface area contributed by atoms with Crippen LogP contribution in [0.5, 0.6) is 0 Å². The minimum Gasteiger partial charge on any atom is -0.475 e. The van der Waals surface area contributed by atoms with E-state index in [0.29, 0.717) is 19.4 Å². The second-order valence-corrected chi connectivity index (χ2v) is 2.56. The number of nitrogens with two attached hydrogens (primary N) is 2. The maximum atomic E-state index is 10.7. The van der Waals surface area contributed by atoms with Crippen LogP contribution in [0.15, 0.2) is 0 Å². The third kappa shape index (κ3) is 4.05. The summed E-state index contributed by atoms with van der Waals surface area (Å²) in [4.78, 5) is 20.8. The Bertz CT molecular complexity index is 170. The molecule has 5 nitrogen and oxygen atoms in total. The Hall–Kier alpha value is -0.940. The van der Waals surface area contributed by atoms with Crippen molar-refractivity contribution in [3.63, 3.8) is 0 Å². The Kier molecular flexibility index (Phi) is 5.23. The SMILES string of the molecule is NCCCC[C@H](N)C(=O)C(=O)O. The fourth-order valence-corrected chi connectivity index (χ4v) is 0.798. The molecule has 0 aliphatic carbocycles. The average Bonchev–Trinajstić information content (AvgIpc) is 2.03. The molecule has 12 heavy (non-hydrogen) atoms. The highest BCUT2D eigenvalue weighted by Crippen LogP contribution is 1.98. The van der Waals surface area contributed by atoms with Gasteiger partial charge in [0.15, 0.2) is 0 Å². The highest BCUT2D eigenvalue weighted by Gasteiger charge is 2.19. The molecule has 0 aromatic rings. The van der Waals surface area contributed by atoms with Gasteiger partial charge in [-0.15, -0.1) is 0 Å². The lowest BCUT2D eigenvalue weighted by Crippen LogP contribution is -2.35. The second-order valence-electron chi connectivity index (χ2n) is 2.56. The zero-order chi connectivity index (χ0) is 9.56. The molecule has 70 valence electrons. The highest BCUT2D eigenvalue weighted by atomic mass is 16.4. The van der Waals surface area contributed by atoms with Crippen LogP contribution in [-0.4, -0.2) is 29.4 Å². The molecule has 0 unspecified atom stereocenters. The molecule has 5 heteroatoms. The molecule has 0 aliphatic rings. The number of carbonyl (C=O) groups excluding carboxylic acids is 1. The van der Waals surface area contributed by atoms with E-state index in [1.807, 2.05) is 0 Å². The van der Waals surface area contributed by atoms with Crippen molar-refractivity contribution in [2.45, 2.75) is 25.3 Å². The predicted octanol–water partition coefficient (Wildman–Crippen LogP) is -0.904. The van der Waals surface area contributed by atoms with Crippen LogP contribution in [0, 0.1) is 0 Å². The van der Waals surface area contributed by atoms with Crippen LogP contribution in [0.2, 0.25) is 0 Å². The molecule has 0 saturated heterocycles. The van der Waals surface area contributed by atoms with Crippen molar-refractivity contribution < 1.29 is 14.7 Å². The van der Waals surface area contributed by atoms with Crippen LogP contribution in [-0.2, 0) is 9.59 Å². The number of carbonyl (C=O) groups is 2. The molecule has 0 fully saturated rings. The van der Waals surface area contributed by atoms with Gasteiger partial charge in [0, 0.05) is 0 Å². The van der Waals surface area contributed by atoms with Crippen LogP contribution in [0.4, 0.5) is 0 Å². The number of unbranched alkanes of at least 4 members (excludes halogenated alkanes) is 1. The number of ketones is 1. The van der Waals surface area contributed by atoms with Crippen molar-refractivity contribution in [3.05, 3.63) is 0 Å². The number of carboxylic acid groups (broad SMARTS) is 1. The Balaban J connectivity index is 3.64. The molecule has 0 radical (unpaired) electrons. The molecule has 0 aromatic heterocycles. The van der Waals surface area contributed by atoms with E-state index in [9.17, 15) is 9.59 Å². The summed E-state index contributed by atoms with van der Waals surface area (Å²) in [6, 6.07) is -0.881. The third-order valence-electron chi connectivity index (χ3n) is 1.52. The molecular formula is C7H14N2O3. The average molecular weight is 174 g/mol. The molecular weight excluding hydrogens is 160 g/mol. The Labute approximate surface area is 70.7 Å². The topological polar surface area (TPSA) is 106 Å². The van der Waals surface area contributed by atoms with Gasteiger partial charge in [0.25, 0.3) is 5.78 Å². The Morgan fingerprint density at radius 2 is 1.92 bits per heavy atom. The van der Waals surface area contributed by atoms with Crippen LogP contribution in [0.3, 0.4) is 0 Å². The Morgan fingerprint density at radius 3 is 2.33 bits per heavy atom. The number of carboxylic acids is 1. The number of rotatable bonds is 6.